The molecule has 5 heteroatoms. The van der Waals surface area contributed by atoms with Gasteiger partial charge in [0.05, 0.1) is 32.7 Å². The number of carbonyl (C=O) groups excluding carboxylic acids is 1. The van der Waals surface area contributed by atoms with Gasteiger partial charge in [-0.1, -0.05) is 30.3 Å². The second-order valence-electron chi connectivity index (χ2n) is 7.63. The number of rotatable bonds is 6. The largest absolute Gasteiger partial charge is 0.376 e. The molecule has 5 nitrogen and oxygen atoms in total. The van der Waals surface area contributed by atoms with Crippen LogP contribution in [0.5, 0.6) is 0 Å². The lowest BCUT2D eigenvalue weighted by Crippen LogP contribution is -2.66. The Morgan fingerprint density at radius 2 is 2.15 bits per heavy atom. The average molecular weight is 366 g/mol. The molecule has 27 heavy (non-hydrogen) atoms. The number of hydrogen-bond acceptors (Lipinski definition) is 4. The van der Waals surface area contributed by atoms with Crippen LogP contribution in [0.2, 0.25) is 0 Å². The molecule has 3 heterocycles. The summed E-state index contributed by atoms with van der Waals surface area (Å²) in [5.41, 5.74) is 3.14. The van der Waals surface area contributed by atoms with Crippen LogP contribution in [0.1, 0.15) is 23.1 Å². The fourth-order valence-corrected chi connectivity index (χ4v) is 4.03. The standard InChI is InChI=1S/C22H26N2O3/c1-17-5-2-3-7-19(17)11-21(25)24-15-22(16-24)20(8-10-27-22)14-26-13-18-6-4-9-23-12-18/h2-7,9,12,20H,8,10-11,13-16H2,1H3/t20-/m1/s1. The van der Waals surface area contributed by atoms with Gasteiger partial charge in [-0.3, -0.25) is 9.78 Å². The van der Waals surface area contributed by atoms with Gasteiger partial charge in [0.2, 0.25) is 5.91 Å². The average Bonchev–Trinajstić information content (AvgIpc) is 3.07. The van der Waals surface area contributed by atoms with Crippen molar-refractivity contribution in [3.8, 4) is 0 Å². The molecule has 1 spiro atoms. The Labute approximate surface area is 160 Å². The minimum atomic E-state index is -0.212. The number of likely N-dealkylation sites (tertiary alicyclic amines) is 1. The maximum Gasteiger partial charge on any atom is 0.227 e. The molecule has 0 aliphatic carbocycles. The first kappa shape index (κ1) is 18.1. The molecule has 0 unspecified atom stereocenters. The van der Waals surface area contributed by atoms with Crippen LogP contribution in [0.4, 0.5) is 0 Å². The lowest BCUT2D eigenvalue weighted by atomic mass is 9.81. The molecule has 2 aliphatic heterocycles. The van der Waals surface area contributed by atoms with Crippen LogP contribution in [0.15, 0.2) is 48.8 Å². The van der Waals surface area contributed by atoms with Crippen molar-refractivity contribution < 1.29 is 14.3 Å². The van der Waals surface area contributed by atoms with Gasteiger partial charge in [0.15, 0.2) is 0 Å². The van der Waals surface area contributed by atoms with E-state index in [-0.39, 0.29) is 11.5 Å². The second kappa shape index (κ2) is 7.79. The second-order valence-corrected chi connectivity index (χ2v) is 7.63. The van der Waals surface area contributed by atoms with Crippen LogP contribution in [-0.4, -0.2) is 47.7 Å². The van der Waals surface area contributed by atoms with Gasteiger partial charge in [-0.2, -0.15) is 0 Å². The van der Waals surface area contributed by atoms with Crippen molar-refractivity contribution in [3.63, 3.8) is 0 Å². The molecule has 1 amide bonds. The van der Waals surface area contributed by atoms with Crippen LogP contribution in [0, 0.1) is 12.8 Å². The van der Waals surface area contributed by atoms with E-state index >= 15 is 0 Å². The van der Waals surface area contributed by atoms with E-state index in [0.29, 0.717) is 38.6 Å². The number of aromatic nitrogens is 1. The van der Waals surface area contributed by atoms with Crippen molar-refractivity contribution >= 4 is 5.91 Å². The van der Waals surface area contributed by atoms with Crippen LogP contribution in [0.25, 0.3) is 0 Å². The monoisotopic (exact) mass is 366 g/mol. The third kappa shape index (κ3) is 3.89. The number of pyridine rings is 1. The van der Waals surface area contributed by atoms with E-state index in [4.69, 9.17) is 9.47 Å². The number of carbonyl (C=O) groups is 1. The number of ether oxygens (including phenoxy) is 2. The number of hydrogen-bond donors (Lipinski definition) is 0. The molecule has 1 aromatic heterocycles. The minimum absolute atomic E-state index is 0.181. The number of aryl methyl sites for hydroxylation is 1. The van der Waals surface area contributed by atoms with Gasteiger partial charge in [0.25, 0.3) is 0 Å². The van der Waals surface area contributed by atoms with Gasteiger partial charge in [-0.15, -0.1) is 0 Å². The normalized spacial score (nSPS) is 20.6. The first-order chi connectivity index (χ1) is 13.2. The molecule has 1 atom stereocenters. The molecule has 0 radical (unpaired) electrons. The third-order valence-corrected chi connectivity index (χ3v) is 5.78. The van der Waals surface area contributed by atoms with E-state index < -0.39 is 0 Å². The minimum Gasteiger partial charge on any atom is -0.376 e. The van der Waals surface area contributed by atoms with Crippen molar-refractivity contribution in [3.05, 3.63) is 65.5 Å². The Kier molecular flexibility index (Phi) is 5.23. The molecule has 1 aromatic carbocycles. The number of benzene rings is 1. The Bertz CT molecular complexity index is 787. The van der Waals surface area contributed by atoms with Crippen molar-refractivity contribution in [2.45, 2.75) is 32.0 Å². The van der Waals surface area contributed by atoms with Gasteiger partial charge in [0.1, 0.15) is 5.60 Å². The van der Waals surface area contributed by atoms with Gasteiger partial charge < -0.3 is 14.4 Å². The van der Waals surface area contributed by atoms with E-state index in [1.165, 1.54) is 5.56 Å². The van der Waals surface area contributed by atoms with Gasteiger partial charge in [0, 0.05) is 24.9 Å². The fraction of sp³-hybridized carbons (Fsp3) is 0.455. The van der Waals surface area contributed by atoms with Crippen LogP contribution >= 0.6 is 0 Å². The zero-order valence-corrected chi connectivity index (χ0v) is 15.8. The maximum atomic E-state index is 12.6. The Morgan fingerprint density at radius 1 is 1.30 bits per heavy atom. The lowest BCUT2D eigenvalue weighted by Gasteiger charge is -2.50. The Hall–Kier alpha value is -2.24. The predicted molar refractivity (Wildman–Crippen MR) is 102 cm³/mol. The summed E-state index contributed by atoms with van der Waals surface area (Å²) in [6, 6.07) is 12.0. The van der Waals surface area contributed by atoms with Gasteiger partial charge in [-0.25, -0.2) is 0 Å². The summed E-state index contributed by atoms with van der Waals surface area (Å²) in [6.45, 7) is 5.39. The van der Waals surface area contributed by atoms with Crippen LogP contribution in [0.3, 0.4) is 0 Å². The zero-order chi connectivity index (χ0) is 18.7. The van der Waals surface area contributed by atoms with E-state index in [2.05, 4.69) is 18.0 Å². The molecule has 0 bridgehead atoms. The predicted octanol–water partition coefficient (Wildman–Crippen LogP) is 2.77. The quantitative estimate of drug-likeness (QED) is 0.789. The number of amides is 1. The summed E-state index contributed by atoms with van der Waals surface area (Å²) in [6.07, 6.45) is 5.05. The zero-order valence-electron chi connectivity index (χ0n) is 15.8. The molecule has 2 saturated heterocycles. The lowest BCUT2D eigenvalue weighted by molar-refractivity contribution is -0.168. The fourth-order valence-electron chi connectivity index (χ4n) is 4.03. The molecule has 4 rings (SSSR count). The molecule has 0 saturated carbocycles. The summed E-state index contributed by atoms with van der Waals surface area (Å²) in [5.74, 6) is 0.525. The highest BCUT2D eigenvalue weighted by molar-refractivity contribution is 5.80. The van der Waals surface area contributed by atoms with E-state index in [1.54, 1.807) is 6.20 Å². The summed E-state index contributed by atoms with van der Waals surface area (Å²) in [7, 11) is 0. The summed E-state index contributed by atoms with van der Waals surface area (Å²) in [5, 5.41) is 0. The SMILES string of the molecule is Cc1ccccc1CC(=O)N1CC2(C1)OCC[C@@H]2COCc1cccnc1. The van der Waals surface area contributed by atoms with Crippen molar-refractivity contribution in [1.29, 1.82) is 0 Å². The first-order valence-electron chi connectivity index (χ1n) is 9.59. The Balaban J connectivity index is 1.28. The van der Waals surface area contributed by atoms with E-state index in [0.717, 1.165) is 24.2 Å². The molecule has 0 N–H and O–H groups in total. The summed E-state index contributed by atoms with van der Waals surface area (Å²) >= 11 is 0. The first-order valence-corrected chi connectivity index (χ1v) is 9.59. The molecule has 2 aliphatic rings. The highest BCUT2D eigenvalue weighted by Gasteiger charge is 2.54. The topological polar surface area (TPSA) is 51.7 Å². The highest BCUT2D eigenvalue weighted by Crippen LogP contribution is 2.40. The van der Waals surface area contributed by atoms with Crippen LogP contribution in [-0.2, 0) is 27.3 Å². The summed E-state index contributed by atoms with van der Waals surface area (Å²) < 4.78 is 12.0. The Morgan fingerprint density at radius 3 is 2.93 bits per heavy atom. The molecule has 2 fully saturated rings. The van der Waals surface area contributed by atoms with E-state index in [9.17, 15) is 4.79 Å². The van der Waals surface area contributed by atoms with Gasteiger partial charge in [-0.05, 0) is 36.1 Å². The van der Waals surface area contributed by atoms with Gasteiger partial charge >= 0.3 is 0 Å². The smallest absolute Gasteiger partial charge is 0.227 e. The van der Waals surface area contributed by atoms with Crippen molar-refractivity contribution in [2.75, 3.05) is 26.3 Å². The number of nitrogens with zero attached hydrogens (tertiary/aromatic N) is 2. The van der Waals surface area contributed by atoms with Crippen molar-refractivity contribution in [1.82, 2.24) is 9.88 Å². The van der Waals surface area contributed by atoms with Crippen LogP contribution < -0.4 is 0 Å². The molecule has 2 aromatic rings. The highest BCUT2D eigenvalue weighted by atomic mass is 16.5. The molecular formula is C22H26N2O3. The summed E-state index contributed by atoms with van der Waals surface area (Å²) in [4.78, 5) is 18.7. The molecular weight excluding hydrogens is 340 g/mol. The third-order valence-electron chi connectivity index (χ3n) is 5.78. The maximum absolute atomic E-state index is 12.6. The van der Waals surface area contributed by atoms with E-state index in [1.807, 2.05) is 41.4 Å². The molecule has 142 valence electrons. The van der Waals surface area contributed by atoms with Crippen molar-refractivity contribution in [2.24, 2.45) is 5.92 Å².